The Kier molecular flexibility index (Phi) is 6.30. The van der Waals surface area contributed by atoms with Crippen LogP contribution in [0.5, 0.6) is 0 Å². The first-order chi connectivity index (χ1) is 11.7. The number of hydrogen-bond donors (Lipinski definition) is 1. The fourth-order valence-electron chi connectivity index (χ4n) is 3.88. The van der Waals surface area contributed by atoms with Gasteiger partial charge in [-0.15, -0.1) is 11.3 Å². The molecular formula is C19H28N2O2S. The summed E-state index contributed by atoms with van der Waals surface area (Å²) in [6.07, 6.45) is 8.30. The molecule has 0 atom stereocenters. The van der Waals surface area contributed by atoms with E-state index in [4.69, 9.17) is 0 Å². The van der Waals surface area contributed by atoms with Gasteiger partial charge in [-0.1, -0.05) is 25.3 Å². The monoisotopic (exact) mass is 348 g/mol. The number of thiophene rings is 1. The third kappa shape index (κ3) is 4.59. The molecule has 1 N–H and O–H groups in total. The molecule has 2 heterocycles. The summed E-state index contributed by atoms with van der Waals surface area (Å²) >= 11 is 1.73. The molecule has 0 radical (unpaired) electrons. The van der Waals surface area contributed by atoms with Crippen LogP contribution in [-0.2, 0) is 16.0 Å². The van der Waals surface area contributed by atoms with E-state index in [-0.39, 0.29) is 17.7 Å². The van der Waals surface area contributed by atoms with E-state index in [0.717, 1.165) is 45.2 Å². The summed E-state index contributed by atoms with van der Waals surface area (Å²) in [6, 6.07) is 4.15. The molecule has 24 heavy (non-hydrogen) atoms. The molecule has 1 aliphatic carbocycles. The van der Waals surface area contributed by atoms with E-state index in [1.807, 2.05) is 11.0 Å². The lowest BCUT2D eigenvalue weighted by Crippen LogP contribution is -2.45. The molecule has 4 nitrogen and oxygen atoms in total. The number of nitrogens with one attached hydrogen (secondary N) is 1. The Morgan fingerprint density at radius 3 is 2.50 bits per heavy atom. The van der Waals surface area contributed by atoms with Gasteiger partial charge in [0.1, 0.15) is 0 Å². The van der Waals surface area contributed by atoms with Gasteiger partial charge in [-0.05, 0) is 43.6 Å². The van der Waals surface area contributed by atoms with Gasteiger partial charge in [-0.2, -0.15) is 0 Å². The number of nitrogens with zero attached hydrogens (tertiary/aromatic N) is 1. The number of rotatable bonds is 5. The lowest BCUT2D eigenvalue weighted by molar-refractivity contribution is -0.140. The molecule has 0 aromatic carbocycles. The Balaban J connectivity index is 1.37. The van der Waals surface area contributed by atoms with Gasteiger partial charge in [0.05, 0.1) is 0 Å². The number of piperidine rings is 1. The lowest BCUT2D eigenvalue weighted by Gasteiger charge is -2.34. The van der Waals surface area contributed by atoms with E-state index in [2.05, 4.69) is 16.8 Å². The zero-order valence-electron chi connectivity index (χ0n) is 14.3. The minimum absolute atomic E-state index is 0.0729. The minimum Gasteiger partial charge on any atom is -0.355 e. The van der Waals surface area contributed by atoms with Crippen LogP contribution < -0.4 is 5.32 Å². The van der Waals surface area contributed by atoms with Gasteiger partial charge in [-0.25, -0.2) is 0 Å². The van der Waals surface area contributed by atoms with Crippen LogP contribution in [0.25, 0.3) is 0 Å². The summed E-state index contributed by atoms with van der Waals surface area (Å²) in [4.78, 5) is 28.2. The Bertz CT molecular complexity index is 530. The molecule has 0 spiro atoms. The summed E-state index contributed by atoms with van der Waals surface area (Å²) in [5.74, 6) is 0.821. The predicted octanol–water partition coefficient (Wildman–Crippen LogP) is 3.23. The van der Waals surface area contributed by atoms with E-state index >= 15 is 0 Å². The second kappa shape index (κ2) is 8.65. The van der Waals surface area contributed by atoms with Crippen LogP contribution >= 0.6 is 11.3 Å². The molecule has 3 rings (SSSR count). The highest BCUT2D eigenvalue weighted by molar-refractivity contribution is 7.09. The maximum absolute atomic E-state index is 12.6. The number of hydrogen-bond acceptors (Lipinski definition) is 3. The summed E-state index contributed by atoms with van der Waals surface area (Å²) in [6.45, 7) is 2.21. The first kappa shape index (κ1) is 17.5. The standard InChI is InChI=1S/C19H28N2O2S/c22-18(20-11-8-17-7-4-14-24-17)15-9-12-21(13-10-15)19(23)16-5-2-1-3-6-16/h4,7,14-16H,1-3,5-6,8-13H2,(H,20,22). The highest BCUT2D eigenvalue weighted by Gasteiger charge is 2.31. The van der Waals surface area contributed by atoms with Crippen molar-refractivity contribution < 1.29 is 9.59 Å². The molecule has 132 valence electrons. The Labute approximate surface area is 148 Å². The molecule has 5 heteroatoms. The van der Waals surface area contributed by atoms with E-state index in [9.17, 15) is 9.59 Å². The highest BCUT2D eigenvalue weighted by atomic mass is 32.1. The van der Waals surface area contributed by atoms with Crippen LogP contribution in [0.3, 0.4) is 0 Å². The average molecular weight is 349 g/mol. The number of likely N-dealkylation sites (tertiary alicyclic amines) is 1. The van der Waals surface area contributed by atoms with Crippen LogP contribution in [0.15, 0.2) is 17.5 Å². The van der Waals surface area contributed by atoms with Gasteiger partial charge >= 0.3 is 0 Å². The molecule has 1 aromatic heterocycles. The van der Waals surface area contributed by atoms with Crippen molar-refractivity contribution in [3.8, 4) is 0 Å². The van der Waals surface area contributed by atoms with Crippen molar-refractivity contribution in [3.63, 3.8) is 0 Å². The third-order valence-electron chi connectivity index (χ3n) is 5.38. The maximum Gasteiger partial charge on any atom is 0.225 e. The molecule has 0 bridgehead atoms. The Morgan fingerprint density at radius 2 is 1.83 bits per heavy atom. The molecule has 2 amide bonds. The molecule has 1 aliphatic heterocycles. The predicted molar refractivity (Wildman–Crippen MR) is 96.9 cm³/mol. The normalized spacial score (nSPS) is 20.1. The Morgan fingerprint density at radius 1 is 1.08 bits per heavy atom. The van der Waals surface area contributed by atoms with Crippen LogP contribution in [0.2, 0.25) is 0 Å². The second-order valence-corrected chi connectivity index (χ2v) is 8.09. The zero-order chi connectivity index (χ0) is 16.8. The average Bonchev–Trinajstić information content (AvgIpc) is 3.15. The van der Waals surface area contributed by atoms with Gasteiger partial charge in [0.2, 0.25) is 11.8 Å². The fourth-order valence-corrected chi connectivity index (χ4v) is 4.59. The van der Waals surface area contributed by atoms with E-state index in [1.165, 1.54) is 24.1 Å². The van der Waals surface area contributed by atoms with Crippen LogP contribution in [0, 0.1) is 11.8 Å². The van der Waals surface area contributed by atoms with Crippen LogP contribution in [0.4, 0.5) is 0 Å². The van der Waals surface area contributed by atoms with Gasteiger partial charge in [0.25, 0.3) is 0 Å². The molecule has 1 saturated heterocycles. The summed E-state index contributed by atoms with van der Waals surface area (Å²) in [7, 11) is 0. The van der Waals surface area contributed by atoms with Crippen molar-refractivity contribution in [1.82, 2.24) is 10.2 Å². The van der Waals surface area contributed by atoms with Gasteiger partial charge in [0, 0.05) is 36.3 Å². The number of amides is 2. The SMILES string of the molecule is O=C(NCCc1cccs1)C1CCN(C(=O)C2CCCCC2)CC1. The first-order valence-corrected chi connectivity index (χ1v) is 10.2. The highest BCUT2D eigenvalue weighted by Crippen LogP contribution is 2.27. The van der Waals surface area contributed by atoms with E-state index < -0.39 is 0 Å². The molecule has 2 fully saturated rings. The van der Waals surface area contributed by atoms with Gasteiger partial charge in [0.15, 0.2) is 0 Å². The van der Waals surface area contributed by atoms with Crippen molar-refractivity contribution in [2.24, 2.45) is 11.8 Å². The Hall–Kier alpha value is -1.36. The van der Waals surface area contributed by atoms with Gasteiger partial charge < -0.3 is 10.2 Å². The van der Waals surface area contributed by atoms with Crippen molar-refractivity contribution >= 4 is 23.2 Å². The fraction of sp³-hybridized carbons (Fsp3) is 0.684. The smallest absolute Gasteiger partial charge is 0.225 e. The third-order valence-corrected chi connectivity index (χ3v) is 6.32. The minimum atomic E-state index is 0.0729. The summed E-state index contributed by atoms with van der Waals surface area (Å²) in [5, 5.41) is 5.13. The largest absolute Gasteiger partial charge is 0.355 e. The summed E-state index contributed by atoms with van der Waals surface area (Å²) in [5.41, 5.74) is 0. The maximum atomic E-state index is 12.6. The van der Waals surface area contributed by atoms with Gasteiger partial charge in [-0.3, -0.25) is 9.59 Å². The number of carbonyl (C=O) groups is 2. The lowest BCUT2D eigenvalue weighted by atomic mass is 9.87. The number of carbonyl (C=O) groups excluding carboxylic acids is 2. The van der Waals surface area contributed by atoms with Crippen molar-refractivity contribution in [2.45, 2.75) is 51.4 Å². The summed E-state index contributed by atoms with van der Waals surface area (Å²) < 4.78 is 0. The van der Waals surface area contributed by atoms with E-state index in [1.54, 1.807) is 11.3 Å². The molecule has 2 aliphatic rings. The van der Waals surface area contributed by atoms with Crippen molar-refractivity contribution in [1.29, 1.82) is 0 Å². The quantitative estimate of drug-likeness (QED) is 0.888. The van der Waals surface area contributed by atoms with Crippen LogP contribution in [-0.4, -0.2) is 36.3 Å². The topological polar surface area (TPSA) is 49.4 Å². The second-order valence-electron chi connectivity index (χ2n) is 7.05. The van der Waals surface area contributed by atoms with Crippen molar-refractivity contribution in [2.75, 3.05) is 19.6 Å². The molecular weight excluding hydrogens is 320 g/mol. The zero-order valence-corrected chi connectivity index (χ0v) is 15.2. The molecule has 1 saturated carbocycles. The van der Waals surface area contributed by atoms with Crippen molar-refractivity contribution in [3.05, 3.63) is 22.4 Å². The van der Waals surface area contributed by atoms with Crippen LogP contribution in [0.1, 0.15) is 49.8 Å². The first-order valence-electron chi connectivity index (χ1n) is 9.33. The molecule has 1 aromatic rings. The van der Waals surface area contributed by atoms with E-state index in [0.29, 0.717) is 12.5 Å². The molecule has 0 unspecified atom stereocenters.